The molecule has 2 fully saturated rings. The Hall–Kier alpha value is -1.35. The van der Waals surface area contributed by atoms with Crippen molar-refractivity contribution in [2.75, 3.05) is 0 Å². The summed E-state index contributed by atoms with van der Waals surface area (Å²) in [7, 11) is -3.32. The summed E-state index contributed by atoms with van der Waals surface area (Å²) in [6.07, 6.45) is 6.90. The van der Waals surface area contributed by atoms with Gasteiger partial charge in [-0.2, -0.15) is 0 Å². The van der Waals surface area contributed by atoms with Gasteiger partial charge in [-0.05, 0) is 36.1 Å². The van der Waals surface area contributed by atoms with E-state index in [-0.39, 0.29) is 17.5 Å². The lowest BCUT2D eigenvalue weighted by molar-refractivity contribution is 0.573. The van der Waals surface area contributed by atoms with Gasteiger partial charge in [0.15, 0.2) is 15.7 Å². The summed E-state index contributed by atoms with van der Waals surface area (Å²) in [5.41, 5.74) is 0.655. The molecule has 124 valence electrons. The van der Waals surface area contributed by atoms with Crippen LogP contribution in [-0.2, 0) is 21.3 Å². The molecule has 7 nitrogen and oxygen atoms in total. The first kappa shape index (κ1) is 15.2. The van der Waals surface area contributed by atoms with E-state index in [0.717, 1.165) is 17.8 Å². The van der Waals surface area contributed by atoms with E-state index in [4.69, 9.17) is 0 Å². The Kier molecular flexibility index (Phi) is 3.92. The van der Waals surface area contributed by atoms with Crippen LogP contribution in [0.5, 0.6) is 0 Å². The second-order valence-electron chi connectivity index (χ2n) is 6.46. The third kappa shape index (κ3) is 3.45. The second kappa shape index (κ2) is 5.94. The third-order valence-corrected chi connectivity index (χ3v) is 6.93. The zero-order valence-electron chi connectivity index (χ0n) is 12.8. The van der Waals surface area contributed by atoms with E-state index >= 15 is 0 Å². The molecule has 2 aliphatic rings. The monoisotopic (exact) mass is 353 g/mol. The third-order valence-electron chi connectivity index (χ3n) is 4.44. The standard InChI is InChI=1S/C14H19N5O2S2/c20-23(21,9-13-16-17-18-19(13)12-5-6-12)8-11-7-22-14(15-11)10-3-1-2-4-10/h7,10,12H,1-6,8-9H2. The predicted octanol–water partition coefficient (Wildman–Crippen LogP) is 2.24. The van der Waals surface area contributed by atoms with E-state index in [9.17, 15) is 8.42 Å². The number of tetrazole rings is 1. The first-order valence-corrected chi connectivity index (χ1v) is 10.7. The Labute approximate surface area is 139 Å². The summed E-state index contributed by atoms with van der Waals surface area (Å²) < 4.78 is 26.6. The highest BCUT2D eigenvalue weighted by Gasteiger charge is 2.30. The van der Waals surface area contributed by atoms with Gasteiger partial charge >= 0.3 is 0 Å². The van der Waals surface area contributed by atoms with Crippen LogP contribution in [0.2, 0.25) is 0 Å². The van der Waals surface area contributed by atoms with Crippen molar-refractivity contribution in [1.29, 1.82) is 0 Å². The summed E-state index contributed by atoms with van der Waals surface area (Å²) in [6, 6.07) is 0.281. The zero-order chi connectivity index (χ0) is 15.9. The number of aromatic nitrogens is 5. The molecule has 2 saturated carbocycles. The fraction of sp³-hybridized carbons (Fsp3) is 0.714. The van der Waals surface area contributed by atoms with Crippen LogP contribution in [0.3, 0.4) is 0 Å². The van der Waals surface area contributed by atoms with E-state index < -0.39 is 9.84 Å². The maximum absolute atomic E-state index is 12.4. The molecule has 2 aromatic heterocycles. The Balaban J connectivity index is 1.45. The van der Waals surface area contributed by atoms with Crippen LogP contribution in [0.1, 0.15) is 67.0 Å². The number of hydrogen-bond donors (Lipinski definition) is 0. The lowest BCUT2D eigenvalue weighted by atomic mass is 10.1. The topological polar surface area (TPSA) is 90.6 Å². The van der Waals surface area contributed by atoms with Crippen molar-refractivity contribution in [3.05, 3.63) is 21.9 Å². The average Bonchev–Trinajstić information content (AvgIpc) is 2.95. The minimum absolute atomic E-state index is 0.0340. The minimum atomic E-state index is -3.32. The number of hydrogen-bond acceptors (Lipinski definition) is 7. The van der Waals surface area contributed by atoms with Crippen LogP contribution in [0, 0.1) is 0 Å². The molecule has 0 unspecified atom stereocenters. The molecule has 23 heavy (non-hydrogen) atoms. The van der Waals surface area contributed by atoms with Gasteiger partial charge in [-0.1, -0.05) is 12.8 Å². The van der Waals surface area contributed by atoms with Gasteiger partial charge in [0.2, 0.25) is 0 Å². The largest absolute Gasteiger partial charge is 0.245 e. The van der Waals surface area contributed by atoms with Crippen LogP contribution in [0.25, 0.3) is 0 Å². The summed E-state index contributed by atoms with van der Waals surface area (Å²) in [5, 5.41) is 14.4. The molecule has 0 aliphatic heterocycles. The van der Waals surface area contributed by atoms with Gasteiger partial charge in [-0.25, -0.2) is 18.1 Å². The molecule has 0 spiro atoms. The first-order valence-electron chi connectivity index (χ1n) is 8.02. The molecule has 0 bridgehead atoms. The van der Waals surface area contributed by atoms with Crippen LogP contribution in [0.15, 0.2) is 5.38 Å². The molecule has 0 saturated heterocycles. The summed E-state index contributed by atoms with van der Waals surface area (Å²) >= 11 is 1.59. The number of nitrogens with zero attached hydrogens (tertiary/aromatic N) is 5. The molecule has 9 heteroatoms. The van der Waals surface area contributed by atoms with E-state index in [1.165, 1.54) is 25.7 Å². The van der Waals surface area contributed by atoms with Crippen LogP contribution < -0.4 is 0 Å². The highest BCUT2D eigenvalue weighted by atomic mass is 32.2. The SMILES string of the molecule is O=S(=O)(Cc1csc(C2CCCC2)n1)Cc1nnnn1C1CC1. The molecule has 2 aromatic rings. The smallest absolute Gasteiger partial charge is 0.166 e. The van der Waals surface area contributed by atoms with Crippen LogP contribution >= 0.6 is 11.3 Å². The van der Waals surface area contributed by atoms with Gasteiger partial charge in [-0.15, -0.1) is 16.4 Å². The fourth-order valence-electron chi connectivity index (χ4n) is 3.13. The van der Waals surface area contributed by atoms with E-state index in [1.54, 1.807) is 16.0 Å². The van der Waals surface area contributed by atoms with Crippen molar-refractivity contribution in [3.63, 3.8) is 0 Å². The molecule has 0 radical (unpaired) electrons. The molecular weight excluding hydrogens is 334 g/mol. The van der Waals surface area contributed by atoms with Gasteiger partial charge in [0.1, 0.15) is 5.75 Å². The van der Waals surface area contributed by atoms with Crippen LogP contribution in [-0.4, -0.2) is 33.6 Å². The first-order chi connectivity index (χ1) is 11.1. The molecule has 2 aliphatic carbocycles. The number of thiazole rings is 1. The Bertz CT molecular complexity index is 788. The summed E-state index contributed by atoms with van der Waals surface area (Å²) in [4.78, 5) is 4.56. The molecule has 0 atom stereocenters. The van der Waals surface area contributed by atoms with Crippen molar-refractivity contribution < 1.29 is 8.42 Å². The zero-order valence-corrected chi connectivity index (χ0v) is 14.4. The van der Waals surface area contributed by atoms with E-state index in [2.05, 4.69) is 20.5 Å². The Morgan fingerprint density at radius 3 is 2.70 bits per heavy atom. The van der Waals surface area contributed by atoms with Crippen molar-refractivity contribution in [2.24, 2.45) is 0 Å². The Morgan fingerprint density at radius 1 is 1.17 bits per heavy atom. The molecule has 0 aromatic carbocycles. The Morgan fingerprint density at radius 2 is 1.96 bits per heavy atom. The van der Waals surface area contributed by atoms with Gasteiger partial charge in [0, 0.05) is 11.3 Å². The lowest BCUT2D eigenvalue weighted by Gasteiger charge is -2.04. The highest BCUT2D eigenvalue weighted by Crippen LogP contribution is 2.36. The summed E-state index contributed by atoms with van der Waals surface area (Å²) in [5.74, 6) is 0.818. The van der Waals surface area contributed by atoms with E-state index in [1.807, 2.05) is 5.38 Å². The van der Waals surface area contributed by atoms with Gasteiger partial charge in [0.05, 0.1) is 22.5 Å². The van der Waals surface area contributed by atoms with Crippen molar-refractivity contribution in [1.82, 2.24) is 25.2 Å². The van der Waals surface area contributed by atoms with E-state index in [0.29, 0.717) is 17.4 Å². The quantitative estimate of drug-likeness (QED) is 0.791. The van der Waals surface area contributed by atoms with Crippen molar-refractivity contribution >= 4 is 21.2 Å². The van der Waals surface area contributed by atoms with Gasteiger partial charge in [-0.3, -0.25) is 0 Å². The minimum Gasteiger partial charge on any atom is -0.245 e. The van der Waals surface area contributed by atoms with Crippen LogP contribution in [0.4, 0.5) is 0 Å². The average molecular weight is 353 g/mol. The van der Waals surface area contributed by atoms with Crippen molar-refractivity contribution in [2.45, 2.75) is 62.0 Å². The molecule has 4 rings (SSSR count). The second-order valence-corrected chi connectivity index (χ2v) is 9.42. The van der Waals surface area contributed by atoms with Gasteiger partial charge in [0.25, 0.3) is 0 Å². The molecule has 0 amide bonds. The normalized spacial score (nSPS) is 19.5. The number of sulfone groups is 1. The van der Waals surface area contributed by atoms with Gasteiger partial charge < -0.3 is 0 Å². The molecule has 0 N–H and O–H groups in total. The molecular formula is C14H19N5O2S2. The maximum Gasteiger partial charge on any atom is 0.166 e. The van der Waals surface area contributed by atoms with Crippen molar-refractivity contribution in [3.8, 4) is 0 Å². The summed E-state index contributed by atoms with van der Waals surface area (Å²) in [6.45, 7) is 0. The molecule has 2 heterocycles. The maximum atomic E-state index is 12.4. The fourth-order valence-corrected chi connectivity index (χ4v) is 5.51. The lowest BCUT2D eigenvalue weighted by Crippen LogP contribution is -2.13. The number of rotatable bonds is 6. The highest BCUT2D eigenvalue weighted by molar-refractivity contribution is 7.89. The predicted molar refractivity (Wildman–Crippen MR) is 85.7 cm³/mol.